The lowest BCUT2D eigenvalue weighted by atomic mass is 9.53. The molecule has 6 atom stereocenters. The molecule has 5 aliphatic rings. The highest BCUT2D eigenvalue weighted by Gasteiger charge is 2.65. The quantitative estimate of drug-likeness (QED) is 0.692. The van der Waals surface area contributed by atoms with E-state index in [4.69, 9.17) is 9.47 Å². The van der Waals surface area contributed by atoms with E-state index in [1.54, 1.807) is 12.3 Å². The minimum absolute atomic E-state index is 0.0144. The summed E-state index contributed by atoms with van der Waals surface area (Å²) in [4.78, 5) is 22.0. The number of rotatable bonds is 2. The molecule has 2 bridgehead atoms. The molecule has 4 heterocycles. The van der Waals surface area contributed by atoms with Crippen molar-refractivity contribution in [1.29, 1.82) is 0 Å². The fraction of sp³-hybridized carbons (Fsp3) is 0.481. The summed E-state index contributed by atoms with van der Waals surface area (Å²) < 4.78 is 12.7. The Morgan fingerprint density at radius 1 is 1.26 bits per heavy atom. The molecule has 7 rings (SSSR count). The number of hydrogen-bond acceptors (Lipinski definition) is 6. The van der Waals surface area contributed by atoms with Crippen LogP contribution in [0, 0.1) is 5.92 Å². The van der Waals surface area contributed by atoms with Gasteiger partial charge in [0.05, 0.1) is 6.04 Å². The fourth-order valence-electron chi connectivity index (χ4n) is 7.41. The van der Waals surface area contributed by atoms with Crippen LogP contribution in [0.2, 0.25) is 0 Å². The number of phenols is 1. The van der Waals surface area contributed by atoms with Crippen LogP contribution in [-0.2, 0) is 16.6 Å². The maximum atomic E-state index is 13.4. The number of piperidine rings is 1. The number of nitrogens with zero attached hydrogens (tertiary/aromatic N) is 3. The molecule has 1 amide bonds. The Hall–Kier alpha value is -3.06. The first-order valence-corrected chi connectivity index (χ1v) is 12.4. The topological polar surface area (TPSA) is 75.1 Å². The van der Waals surface area contributed by atoms with E-state index in [0.29, 0.717) is 18.3 Å². The number of pyridine rings is 1. The standard InChI is InChI=1S/C27H29N3O4/c1-29-13-10-27-18-7-9-22(25(27)34-24-21(31)8-6-16(23(24)27)14-20(18)29)33-26(32)30-12-3-5-19(30)17-4-2-11-28-15-17/h2,4,6-9,11,15,18-20,22,25,31H,3,5,10,12-14H2,1H3/t18-,19-,20+,22-,25-,27?/m0/s1. The summed E-state index contributed by atoms with van der Waals surface area (Å²) in [7, 11) is 2.20. The Bertz CT molecular complexity index is 1180. The third kappa shape index (κ3) is 2.62. The summed E-state index contributed by atoms with van der Waals surface area (Å²) in [6.45, 7) is 1.63. The predicted octanol–water partition coefficient (Wildman–Crippen LogP) is 3.57. The number of aromatic hydroxyl groups is 1. The van der Waals surface area contributed by atoms with Gasteiger partial charge in [-0.2, -0.15) is 0 Å². The van der Waals surface area contributed by atoms with E-state index < -0.39 is 6.10 Å². The van der Waals surface area contributed by atoms with Gasteiger partial charge in [-0.1, -0.05) is 18.2 Å². The van der Waals surface area contributed by atoms with Gasteiger partial charge in [-0.3, -0.25) is 4.98 Å². The lowest BCUT2D eigenvalue weighted by Gasteiger charge is -2.56. The van der Waals surface area contributed by atoms with Crippen LogP contribution in [0.1, 0.15) is 42.0 Å². The second kappa shape index (κ2) is 7.22. The summed E-state index contributed by atoms with van der Waals surface area (Å²) >= 11 is 0. The highest BCUT2D eigenvalue weighted by molar-refractivity contribution is 5.70. The second-order valence-electron chi connectivity index (χ2n) is 10.4. The lowest BCUT2D eigenvalue weighted by Crippen LogP contribution is -2.65. The van der Waals surface area contributed by atoms with Gasteiger partial charge in [-0.15, -0.1) is 0 Å². The molecule has 1 aromatic carbocycles. The Balaban J connectivity index is 1.23. The predicted molar refractivity (Wildman–Crippen MR) is 125 cm³/mol. The zero-order valence-corrected chi connectivity index (χ0v) is 19.3. The molecule has 0 radical (unpaired) electrons. The molecule has 7 nitrogen and oxygen atoms in total. The summed E-state index contributed by atoms with van der Waals surface area (Å²) in [5, 5.41) is 10.7. The molecule has 2 fully saturated rings. The molecule has 34 heavy (non-hydrogen) atoms. The molecule has 2 aromatic rings. The zero-order valence-electron chi connectivity index (χ0n) is 19.3. The number of ether oxygens (including phenoxy) is 2. The van der Waals surface area contributed by atoms with Crippen LogP contribution in [-0.4, -0.2) is 64.4 Å². The van der Waals surface area contributed by atoms with Gasteiger partial charge in [0.25, 0.3) is 0 Å². The van der Waals surface area contributed by atoms with Crippen LogP contribution in [0.4, 0.5) is 4.79 Å². The highest BCUT2D eigenvalue weighted by atomic mass is 16.6. The molecule has 0 saturated carbocycles. The number of carbonyl (C=O) groups is 1. The molecule has 3 aliphatic heterocycles. The summed E-state index contributed by atoms with van der Waals surface area (Å²) in [6.07, 6.45) is 10.4. The summed E-state index contributed by atoms with van der Waals surface area (Å²) in [5.74, 6) is 1.05. The third-order valence-corrected chi connectivity index (χ3v) is 8.92. The van der Waals surface area contributed by atoms with Gasteiger partial charge < -0.3 is 24.4 Å². The lowest BCUT2D eigenvalue weighted by molar-refractivity contribution is -0.0554. The maximum Gasteiger partial charge on any atom is 0.411 e. The molecule has 7 heteroatoms. The maximum absolute atomic E-state index is 13.4. The smallest absolute Gasteiger partial charge is 0.411 e. The first-order valence-electron chi connectivity index (χ1n) is 12.4. The largest absolute Gasteiger partial charge is 0.504 e. The summed E-state index contributed by atoms with van der Waals surface area (Å²) in [5.41, 5.74) is 3.16. The van der Waals surface area contributed by atoms with E-state index in [2.05, 4.69) is 23.0 Å². The van der Waals surface area contributed by atoms with Gasteiger partial charge in [0.1, 0.15) is 6.10 Å². The van der Waals surface area contributed by atoms with Crippen LogP contribution in [0.25, 0.3) is 0 Å². The van der Waals surface area contributed by atoms with Crippen LogP contribution < -0.4 is 4.74 Å². The number of likely N-dealkylation sites (N-methyl/N-ethyl adjacent to an activating group) is 1. The van der Waals surface area contributed by atoms with Crippen molar-refractivity contribution >= 4 is 6.09 Å². The minimum atomic E-state index is -0.499. The van der Waals surface area contributed by atoms with Gasteiger partial charge in [0, 0.05) is 41.9 Å². The molecule has 2 aliphatic carbocycles. The molecule has 1 unspecified atom stereocenters. The van der Waals surface area contributed by atoms with Gasteiger partial charge in [-0.25, -0.2) is 4.79 Å². The van der Waals surface area contributed by atoms with Crippen molar-refractivity contribution in [2.75, 3.05) is 20.1 Å². The van der Waals surface area contributed by atoms with Crippen molar-refractivity contribution in [2.24, 2.45) is 5.92 Å². The van der Waals surface area contributed by atoms with Crippen molar-refractivity contribution in [2.45, 2.75) is 55.4 Å². The van der Waals surface area contributed by atoms with Crippen molar-refractivity contribution in [3.63, 3.8) is 0 Å². The van der Waals surface area contributed by atoms with Crippen molar-refractivity contribution < 1.29 is 19.4 Å². The van der Waals surface area contributed by atoms with E-state index in [9.17, 15) is 9.90 Å². The second-order valence-corrected chi connectivity index (χ2v) is 10.4. The number of carbonyl (C=O) groups excluding carboxylic acids is 1. The van der Waals surface area contributed by atoms with Crippen LogP contribution in [0.15, 0.2) is 48.8 Å². The fourth-order valence-corrected chi connectivity index (χ4v) is 7.41. The van der Waals surface area contributed by atoms with E-state index in [1.165, 1.54) is 5.56 Å². The Labute approximate surface area is 199 Å². The summed E-state index contributed by atoms with van der Waals surface area (Å²) in [6, 6.07) is 8.09. The molecule has 176 valence electrons. The van der Waals surface area contributed by atoms with Gasteiger partial charge in [0.15, 0.2) is 17.6 Å². The first-order chi connectivity index (χ1) is 16.6. The number of benzene rings is 1. The van der Waals surface area contributed by atoms with E-state index >= 15 is 0 Å². The Kier molecular flexibility index (Phi) is 4.31. The molecule has 1 N–H and O–H groups in total. The molecule has 1 spiro atoms. The molecular weight excluding hydrogens is 430 g/mol. The van der Waals surface area contributed by atoms with Crippen LogP contribution in [0.3, 0.4) is 0 Å². The average molecular weight is 460 g/mol. The van der Waals surface area contributed by atoms with Crippen molar-refractivity contribution in [1.82, 2.24) is 14.8 Å². The SMILES string of the molecule is CN1CCC23c4c5ccc(O)c4O[C@H]2[C@@H](OC(=O)N2CCC[C@H]2c2cccnc2)C=C[C@H]3[C@H]1C5. The van der Waals surface area contributed by atoms with E-state index in [1.807, 2.05) is 35.4 Å². The zero-order chi connectivity index (χ0) is 23.0. The number of likely N-dealkylation sites (tertiary alicyclic amines) is 2. The van der Waals surface area contributed by atoms with Gasteiger partial charge in [0.2, 0.25) is 0 Å². The van der Waals surface area contributed by atoms with Crippen molar-refractivity contribution in [3.8, 4) is 11.5 Å². The molecule has 2 saturated heterocycles. The minimum Gasteiger partial charge on any atom is -0.504 e. The first kappa shape index (κ1) is 20.3. The van der Waals surface area contributed by atoms with Crippen LogP contribution >= 0.6 is 0 Å². The third-order valence-electron chi connectivity index (χ3n) is 8.92. The van der Waals surface area contributed by atoms with Gasteiger partial charge >= 0.3 is 6.09 Å². The Morgan fingerprint density at radius 3 is 3.03 bits per heavy atom. The monoisotopic (exact) mass is 459 g/mol. The van der Waals surface area contributed by atoms with E-state index in [0.717, 1.165) is 43.4 Å². The normalized spacial score (nSPS) is 35.1. The number of hydrogen-bond donors (Lipinski definition) is 1. The van der Waals surface area contributed by atoms with Gasteiger partial charge in [-0.05, 0) is 68.6 Å². The number of phenolic OH excluding ortho intramolecular Hbond substituents is 1. The van der Waals surface area contributed by atoms with Crippen LogP contribution in [0.5, 0.6) is 11.5 Å². The van der Waals surface area contributed by atoms with E-state index in [-0.39, 0.29) is 35.3 Å². The number of amides is 1. The van der Waals surface area contributed by atoms with Crippen molar-refractivity contribution in [3.05, 3.63) is 65.5 Å². The number of aromatic nitrogens is 1. The Morgan fingerprint density at radius 2 is 2.18 bits per heavy atom. The molecule has 1 aromatic heterocycles. The highest BCUT2D eigenvalue weighted by Crippen LogP contribution is 2.62. The molecular formula is C27H29N3O4. The average Bonchev–Trinajstić information content (AvgIpc) is 3.48.